The second-order valence-corrected chi connectivity index (χ2v) is 7.34. The Hall–Kier alpha value is -1.61. The minimum atomic E-state index is -1.88. The van der Waals surface area contributed by atoms with Crippen LogP contribution in [0, 0.1) is 26.1 Å². The number of hydrogen-bond donors (Lipinski definition) is 0. The fourth-order valence-corrected chi connectivity index (χ4v) is 4.88. The fourth-order valence-electron chi connectivity index (χ4n) is 4.88. The largest absolute Gasteiger partial charge is 0.367 e. The van der Waals surface area contributed by atoms with Crippen molar-refractivity contribution in [2.24, 2.45) is 5.92 Å². The molecule has 9 heteroatoms. The Morgan fingerprint density at radius 2 is 2.00 bits per heavy atom. The molecule has 0 amide bonds. The molecule has 9 nitrogen and oxygen atoms in total. The van der Waals surface area contributed by atoms with Gasteiger partial charge in [-0.1, -0.05) is 13.3 Å². The van der Waals surface area contributed by atoms with Crippen LogP contribution in [0.3, 0.4) is 0 Å². The summed E-state index contributed by atoms with van der Waals surface area (Å²) in [4.78, 5) is 37.5. The van der Waals surface area contributed by atoms with Gasteiger partial charge in [0.05, 0.1) is 19.2 Å². The maximum atomic E-state index is 12.7. The van der Waals surface area contributed by atoms with Crippen LogP contribution in [0.1, 0.15) is 39.5 Å². The summed E-state index contributed by atoms with van der Waals surface area (Å²) in [5.74, 6) is -1.43. The van der Waals surface area contributed by atoms with Gasteiger partial charge in [-0.05, 0) is 26.3 Å². The molecule has 3 fully saturated rings. The summed E-state index contributed by atoms with van der Waals surface area (Å²) in [7, 11) is 0. The quantitative estimate of drug-likeness (QED) is 0.539. The van der Waals surface area contributed by atoms with Crippen molar-refractivity contribution in [1.82, 2.24) is 4.90 Å². The number of Topliss-reactive ketones (excluding diaryl/α,β-unsaturated/α-hetero) is 1. The van der Waals surface area contributed by atoms with E-state index in [2.05, 4.69) is 0 Å². The lowest BCUT2D eigenvalue weighted by atomic mass is 9.55. The smallest absolute Gasteiger partial charge is 0.301 e. The van der Waals surface area contributed by atoms with Crippen LogP contribution in [0.4, 0.5) is 0 Å². The van der Waals surface area contributed by atoms with Crippen LogP contribution in [-0.2, 0) is 9.53 Å². The molecule has 4 bridgehead atoms. The topological polar surface area (TPSA) is 116 Å². The Morgan fingerprint density at radius 1 is 1.29 bits per heavy atom. The number of piperidine rings is 1. The zero-order chi connectivity index (χ0) is 17.7. The zero-order valence-electron chi connectivity index (χ0n) is 14.0. The van der Waals surface area contributed by atoms with Crippen LogP contribution in [0.15, 0.2) is 0 Å². The van der Waals surface area contributed by atoms with E-state index in [0.717, 1.165) is 12.8 Å². The molecule has 1 aliphatic carbocycles. The summed E-state index contributed by atoms with van der Waals surface area (Å²) >= 11 is 0. The first-order chi connectivity index (χ1) is 11.3. The number of ether oxygens (including phenoxy) is 1. The van der Waals surface area contributed by atoms with E-state index in [9.17, 15) is 25.0 Å². The van der Waals surface area contributed by atoms with Crippen molar-refractivity contribution in [3.63, 3.8) is 0 Å². The first kappa shape index (κ1) is 17.2. The molecule has 3 rings (SSSR count). The van der Waals surface area contributed by atoms with Crippen LogP contribution in [0.2, 0.25) is 0 Å². The average Bonchev–Trinajstić information content (AvgIpc) is 2.50. The molecule has 0 aromatic rings. The van der Waals surface area contributed by atoms with Gasteiger partial charge < -0.3 is 4.74 Å². The molecule has 0 unspecified atom stereocenters. The Kier molecular flexibility index (Phi) is 4.11. The van der Waals surface area contributed by atoms with Gasteiger partial charge in [-0.15, -0.1) is 0 Å². The Labute approximate surface area is 139 Å². The Morgan fingerprint density at radius 3 is 2.58 bits per heavy atom. The van der Waals surface area contributed by atoms with Gasteiger partial charge in [0, 0.05) is 16.3 Å². The lowest BCUT2D eigenvalue weighted by molar-refractivity contribution is -0.653. The maximum absolute atomic E-state index is 12.7. The van der Waals surface area contributed by atoms with Crippen LogP contribution in [0.5, 0.6) is 0 Å². The lowest BCUT2D eigenvalue weighted by Gasteiger charge is -2.56. The molecule has 0 spiro atoms. The minimum absolute atomic E-state index is 0.0292. The first-order valence-corrected chi connectivity index (χ1v) is 8.49. The fraction of sp³-hybridized carbons (Fsp3) is 0.933. The molecule has 0 aromatic carbocycles. The number of carbonyl (C=O) groups excluding carboxylic acids is 1. The van der Waals surface area contributed by atoms with Crippen molar-refractivity contribution < 1.29 is 19.4 Å². The predicted molar refractivity (Wildman–Crippen MR) is 82.9 cm³/mol. The van der Waals surface area contributed by atoms with Crippen molar-refractivity contribution in [3.05, 3.63) is 20.2 Å². The van der Waals surface area contributed by atoms with E-state index in [4.69, 9.17) is 4.74 Å². The third-order valence-electron chi connectivity index (χ3n) is 5.99. The van der Waals surface area contributed by atoms with Crippen LogP contribution in [0.25, 0.3) is 0 Å². The summed E-state index contributed by atoms with van der Waals surface area (Å²) in [5, 5.41) is 24.0. The highest BCUT2D eigenvalue weighted by molar-refractivity contribution is 5.90. The van der Waals surface area contributed by atoms with E-state index in [0.29, 0.717) is 6.54 Å². The second kappa shape index (κ2) is 5.73. The Balaban J connectivity index is 2.12. The number of nitrogens with zero attached hydrogens (tertiary/aromatic N) is 3. The van der Waals surface area contributed by atoms with Gasteiger partial charge in [0.2, 0.25) is 5.78 Å². The molecule has 2 aliphatic heterocycles. The number of likely N-dealkylation sites (tertiary alicyclic amines) is 1. The number of hydrogen-bond acceptors (Lipinski definition) is 7. The zero-order valence-corrected chi connectivity index (χ0v) is 14.0. The molecule has 24 heavy (non-hydrogen) atoms. The second-order valence-electron chi connectivity index (χ2n) is 7.34. The highest BCUT2D eigenvalue weighted by atomic mass is 16.6. The minimum Gasteiger partial charge on any atom is -0.367 e. The molecule has 5 atom stereocenters. The van der Waals surface area contributed by atoms with Crippen LogP contribution >= 0.6 is 0 Å². The van der Waals surface area contributed by atoms with Gasteiger partial charge >= 0.3 is 5.54 Å². The molecule has 1 saturated carbocycles. The number of carbonyl (C=O) groups is 1. The number of nitro groups is 2. The van der Waals surface area contributed by atoms with Gasteiger partial charge in [0.25, 0.3) is 5.54 Å². The van der Waals surface area contributed by atoms with Gasteiger partial charge in [-0.2, -0.15) is 0 Å². The SMILES string of the molecule is CCCCN1C[C@@]2([N+](=O)[O-])[C@H]3CC(=O)[C@]([N+](=O)[O-])(C1)[C@H]2C[C@@H](C)O3. The number of unbranched alkanes of at least 4 members (excludes halogenated alkanes) is 1. The third kappa shape index (κ3) is 2.10. The first-order valence-electron chi connectivity index (χ1n) is 8.49. The summed E-state index contributed by atoms with van der Waals surface area (Å²) in [5.41, 5.74) is -3.45. The van der Waals surface area contributed by atoms with Crippen molar-refractivity contribution in [3.8, 4) is 0 Å². The molecule has 2 heterocycles. The van der Waals surface area contributed by atoms with Gasteiger partial charge in [0.15, 0.2) is 0 Å². The van der Waals surface area contributed by atoms with E-state index in [1.54, 1.807) is 11.8 Å². The third-order valence-corrected chi connectivity index (χ3v) is 5.99. The number of rotatable bonds is 5. The maximum Gasteiger partial charge on any atom is 0.301 e. The summed E-state index contributed by atoms with van der Waals surface area (Å²) < 4.78 is 5.74. The van der Waals surface area contributed by atoms with Crippen molar-refractivity contribution in [2.75, 3.05) is 19.6 Å². The van der Waals surface area contributed by atoms with E-state index in [1.807, 2.05) is 6.92 Å². The molecule has 0 N–H and O–H groups in total. The van der Waals surface area contributed by atoms with Crippen LogP contribution in [-0.4, -0.2) is 63.4 Å². The van der Waals surface area contributed by atoms with E-state index >= 15 is 0 Å². The monoisotopic (exact) mass is 341 g/mol. The van der Waals surface area contributed by atoms with Gasteiger partial charge in [0.1, 0.15) is 12.0 Å². The lowest BCUT2D eigenvalue weighted by Crippen LogP contribution is -2.82. The molecule has 0 radical (unpaired) electrons. The average molecular weight is 341 g/mol. The molecule has 3 aliphatic rings. The highest BCUT2D eigenvalue weighted by Gasteiger charge is 2.80. The molecule has 134 valence electrons. The number of ketones is 1. The van der Waals surface area contributed by atoms with Crippen molar-refractivity contribution in [2.45, 2.75) is 62.8 Å². The normalized spacial score (nSPS) is 41.9. The highest BCUT2D eigenvalue weighted by Crippen LogP contribution is 2.53. The summed E-state index contributed by atoms with van der Waals surface area (Å²) in [6.07, 6.45) is 0.384. The van der Waals surface area contributed by atoms with Crippen molar-refractivity contribution in [1.29, 1.82) is 0 Å². The standard InChI is InChI=1S/C15H23N3O6/c1-3-4-5-16-8-14(17(20)21)11-6-10(2)24-13(7-12(14)19)15(11,9-16)18(22)23/h10-11,13H,3-9H2,1-2H3/t10-,11-,13-,14+,15+/m1/s1. The predicted octanol–water partition coefficient (Wildman–Crippen LogP) is 0.899. The van der Waals surface area contributed by atoms with Gasteiger partial charge in [-0.25, -0.2) is 0 Å². The molecule has 0 aromatic heterocycles. The molecular weight excluding hydrogens is 318 g/mol. The van der Waals surface area contributed by atoms with E-state index in [1.165, 1.54) is 0 Å². The van der Waals surface area contributed by atoms with E-state index in [-0.39, 0.29) is 32.0 Å². The molecule has 2 saturated heterocycles. The molecular formula is C15H23N3O6. The van der Waals surface area contributed by atoms with E-state index < -0.39 is 38.7 Å². The van der Waals surface area contributed by atoms with Crippen molar-refractivity contribution >= 4 is 5.78 Å². The summed E-state index contributed by atoms with van der Waals surface area (Å²) in [6.45, 7) is 4.36. The van der Waals surface area contributed by atoms with Crippen LogP contribution < -0.4 is 0 Å². The summed E-state index contributed by atoms with van der Waals surface area (Å²) in [6, 6.07) is 0. The van der Waals surface area contributed by atoms with Gasteiger partial charge in [-0.3, -0.25) is 29.9 Å². The Bertz CT molecular complexity index is 584.